The molecule has 0 aliphatic carbocycles. The van der Waals surface area contributed by atoms with Gasteiger partial charge >= 0.3 is 0 Å². The van der Waals surface area contributed by atoms with Gasteiger partial charge in [0.05, 0.1) is 5.75 Å². The number of carbonyl (C=O) groups excluding carboxylic acids is 1. The van der Waals surface area contributed by atoms with Crippen LogP contribution in [0.1, 0.15) is 12.5 Å². The third-order valence-electron chi connectivity index (χ3n) is 4.26. The molecule has 3 rings (SSSR count). The lowest BCUT2D eigenvalue weighted by Crippen LogP contribution is -2.27. The van der Waals surface area contributed by atoms with Gasteiger partial charge in [-0.1, -0.05) is 47.6 Å². The first-order chi connectivity index (χ1) is 14.1. The smallest absolute Gasteiger partial charge is 0.230 e. The average molecular weight is 447 g/mol. The van der Waals surface area contributed by atoms with E-state index in [0.717, 1.165) is 44.3 Å². The van der Waals surface area contributed by atoms with Crippen LogP contribution in [-0.2, 0) is 11.3 Å². The Balaban J connectivity index is 1.49. The van der Waals surface area contributed by atoms with Crippen LogP contribution in [0, 0.1) is 6.92 Å². The van der Waals surface area contributed by atoms with Crippen molar-refractivity contribution in [1.29, 1.82) is 0 Å². The second-order valence-electron chi connectivity index (χ2n) is 6.31. The van der Waals surface area contributed by atoms with Crippen molar-refractivity contribution in [2.24, 2.45) is 0 Å². The van der Waals surface area contributed by atoms with Gasteiger partial charge in [0.25, 0.3) is 0 Å². The molecule has 0 saturated carbocycles. The molecule has 0 aliphatic rings. The predicted molar refractivity (Wildman–Crippen MR) is 122 cm³/mol. The predicted octanol–water partition coefficient (Wildman–Crippen LogP) is 4.93. The molecule has 0 spiro atoms. The number of aryl methyl sites for hydroxylation is 1. The molecular weight excluding hydrogens is 424 g/mol. The molecule has 0 radical (unpaired) electrons. The van der Waals surface area contributed by atoms with E-state index in [0.29, 0.717) is 12.3 Å². The van der Waals surface area contributed by atoms with Crippen LogP contribution in [0.5, 0.6) is 0 Å². The highest BCUT2D eigenvalue weighted by atomic mass is 35.5. The molecular formula is C21H23ClN4OS2. The van der Waals surface area contributed by atoms with Crippen LogP contribution in [-0.4, -0.2) is 38.7 Å². The number of hydrogen-bond acceptors (Lipinski definition) is 5. The van der Waals surface area contributed by atoms with Crippen LogP contribution in [0.4, 0.5) is 0 Å². The maximum absolute atomic E-state index is 12.2. The summed E-state index contributed by atoms with van der Waals surface area (Å²) in [6.45, 7) is 5.48. The van der Waals surface area contributed by atoms with Crippen LogP contribution in [0.3, 0.4) is 0 Å². The maximum atomic E-state index is 12.2. The van der Waals surface area contributed by atoms with Crippen molar-refractivity contribution in [3.63, 3.8) is 0 Å². The van der Waals surface area contributed by atoms with E-state index >= 15 is 0 Å². The van der Waals surface area contributed by atoms with Crippen LogP contribution in [0.2, 0.25) is 5.02 Å². The molecule has 5 nitrogen and oxygen atoms in total. The maximum Gasteiger partial charge on any atom is 0.230 e. The first-order valence-electron chi connectivity index (χ1n) is 9.35. The van der Waals surface area contributed by atoms with E-state index in [1.54, 1.807) is 11.8 Å². The summed E-state index contributed by atoms with van der Waals surface area (Å²) < 4.78 is 2.05. The highest BCUT2D eigenvalue weighted by Gasteiger charge is 2.15. The van der Waals surface area contributed by atoms with Gasteiger partial charge in [-0.2, -0.15) is 0 Å². The summed E-state index contributed by atoms with van der Waals surface area (Å²) in [7, 11) is 0. The molecule has 0 saturated heterocycles. The number of nitrogens with one attached hydrogen (secondary N) is 1. The number of benzene rings is 2. The van der Waals surface area contributed by atoms with Crippen molar-refractivity contribution in [3.8, 4) is 11.4 Å². The van der Waals surface area contributed by atoms with Gasteiger partial charge in [0, 0.05) is 34.3 Å². The lowest BCUT2D eigenvalue weighted by atomic mass is 10.1. The first-order valence-corrected chi connectivity index (χ1v) is 11.7. The van der Waals surface area contributed by atoms with Gasteiger partial charge in [-0.3, -0.25) is 4.79 Å². The third kappa shape index (κ3) is 6.01. The van der Waals surface area contributed by atoms with Gasteiger partial charge < -0.3 is 9.88 Å². The quantitative estimate of drug-likeness (QED) is 0.373. The second-order valence-corrected chi connectivity index (χ2v) is 8.85. The Morgan fingerprint density at radius 1 is 1.10 bits per heavy atom. The van der Waals surface area contributed by atoms with Crippen molar-refractivity contribution in [3.05, 3.63) is 59.1 Å². The Labute approximate surface area is 184 Å². The Morgan fingerprint density at radius 3 is 2.59 bits per heavy atom. The summed E-state index contributed by atoms with van der Waals surface area (Å²) >= 11 is 8.99. The van der Waals surface area contributed by atoms with Gasteiger partial charge in [-0.05, 0) is 43.7 Å². The topological polar surface area (TPSA) is 59.8 Å². The Kier molecular flexibility index (Phi) is 8.03. The summed E-state index contributed by atoms with van der Waals surface area (Å²) in [5, 5.41) is 13.1. The van der Waals surface area contributed by atoms with Crippen LogP contribution >= 0.6 is 35.1 Å². The van der Waals surface area contributed by atoms with E-state index in [-0.39, 0.29) is 5.91 Å². The lowest BCUT2D eigenvalue weighted by molar-refractivity contribution is -0.118. The molecule has 3 aromatic rings. The third-order valence-corrected chi connectivity index (χ3v) is 6.49. The molecule has 8 heteroatoms. The average Bonchev–Trinajstić information content (AvgIpc) is 3.14. The molecule has 1 heterocycles. The molecule has 0 fully saturated rings. The molecule has 1 aromatic heterocycles. The number of hydrogen-bond donors (Lipinski definition) is 1. The zero-order valence-corrected chi connectivity index (χ0v) is 18.8. The molecule has 152 valence electrons. The number of thioether (sulfide) groups is 2. The van der Waals surface area contributed by atoms with Gasteiger partial charge in [0.15, 0.2) is 11.0 Å². The molecule has 1 N–H and O–H groups in total. The Bertz CT molecular complexity index is 960. The standard InChI is InChI=1S/C21H23ClN4OS2/c1-3-26-20(18-7-5-4-6-15(18)2)24-25-21(26)29-14-19(27)23-12-13-28-17-10-8-16(22)9-11-17/h4-11H,3,12-14H2,1-2H3,(H,23,27). The van der Waals surface area contributed by atoms with E-state index < -0.39 is 0 Å². The molecule has 0 atom stereocenters. The zero-order chi connectivity index (χ0) is 20.6. The minimum Gasteiger partial charge on any atom is -0.355 e. The number of carbonyl (C=O) groups is 1. The minimum atomic E-state index is -0.00481. The van der Waals surface area contributed by atoms with Crippen LogP contribution < -0.4 is 5.32 Å². The van der Waals surface area contributed by atoms with E-state index in [4.69, 9.17) is 11.6 Å². The minimum absolute atomic E-state index is 0.00481. The highest BCUT2D eigenvalue weighted by molar-refractivity contribution is 7.99. The van der Waals surface area contributed by atoms with E-state index in [9.17, 15) is 4.79 Å². The summed E-state index contributed by atoms with van der Waals surface area (Å²) in [6.07, 6.45) is 0. The van der Waals surface area contributed by atoms with Crippen molar-refractivity contribution >= 4 is 41.0 Å². The number of aromatic nitrogens is 3. The fraction of sp³-hybridized carbons (Fsp3) is 0.286. The summed E-state index contributed by atoms with van der Waals surface area (Å²) in [6, 6.07) is 15.8. The lowest BCUT2D eigenvalue weighted by Gasteiger charge is -2.09. The zero-order valence-electron chi connectivity index (χ0n) is 16.4. The van der Waals surface area contributed by atoms with E-state index in [2.05, 4.69) is 40.0 Å². The molecule has 0 bridgehead atoms. The van der Waals surface area contributed by atoms with Gasteiger partial charge in [-0.15, -0.1) is 22.0 Å². The fourth-order valence-electron chi connectivity index (χ4n) is 2.77. The Hall–Kier alpha value is -1.96. The van der Waals surface area contributed by atoms with Gasteiger partial charge in [-0.25, -0.2) is 0 Å². The number of halogens is 1. The normalized spacial score (nSPS) is 10.9. The number of nitrogens with zero attached hydrogens (tertiary/aromatic N) is 3. The van der Waals surface area contributed by atoms with Crippen molar-refractivity contribution in [1.82, 2.24) is 20.1 Å². The van der Waals surface area contributed by atoms with Crippen molar-refractivity contribution in [2.45, 2.75) is 30.4 Å². The summed E-state index contributed by atoms with van der Waals surface area (Å²) in [5.41, 5.74) is 2.22. The monoisotopic (exact) mass is 446 g/mol. The SMILES string of the molecule is CCn1c(SCC(=O)NCCSc2ccc(Cl)cc2)nnc1-c1ccccc1C. The molecule has 29 heavy (non-hydrogen) atoms. The second kappa shape index (κ2) is 10.7. The van der Waals surface area contributed by atoms with Crippen molar-refractivity contribution in [2.75, 3.05) is 18.1 Å². The van der Waals surface area contributed by atoms with Gasteiger partial charge in [0.2, 0.25) is 5.91 Å². The molecule has 1 amide bonds. The van der Waals surface area contributed by atoms with Crippen molar-refractivity contribution < 1.29 is 4.79 Å². The van der Waals surface area contributed by atoms with Crippen LogP contribution in [0.25, 0.3) is 11.4 Å². The van der Waals surface area contributed by atoms with E-state index in [1.807, 2.05) is 42.5 Å². The molecule has 2 aromatic carbocycles. The Morgan fingerprint density at radius 2 is 1.86 bits per heavy atom. The first kappa shape index (κ1) is 21.7. The molecule has 0 unspecified atom stereocenters. The summed E-state index contributed by atoms with van der Waals surface area (Å²) in [5.74, 6) is 1.96. The highest BCUT2D eigenvalue weighted by Crippen LogP contribution is 2.26. The van der Waals surface area contributed by atoms with E-state index in [1.165, 1.54) is 11.8 Å². The largest absolute Gasteiger partial charge is 0.355 e. The molecule has 0 aliphatic heterocycles. The number of rotatable bonds is 9. The number of amides is 1. The van der Waals surface area contributed by atoms with Gasteiger partial charge in [0.1, 0.15) is 0 Å². The summed E-state index contributed by atoms with van der Waals surface area (Å²) in [4.78, 5) is 13.3. The van der Waals surface area contributed by atoms with Crippen LogP contribution in [0.15, 0.2) is 58.6 Å². The fourth-order valence-corrected chi connectivity index (χ4v) is 4.50.